The van der Waals surface area contributed by atoms with Crippen LogP contribution in [0.15, 0.2) is 6.20 Å². The molecule has 6 heteroatoms. The maximum absolute atomic E-state index is 11.2. The maximum atomic E-state index is 11.2. The summed E-state index contributed by atoms with van der Waals surface area (Å²) >= 11 is 0. The number of aryl methyl sites for hydroxylation is 1. The molecule has 0 saturated carbocycles. The van der Waals surface area contributed by atoms with Gasteiger partial charge in [0, 0.05) is 32.7 Å². The van der Waals surface area contributed by atoms with Gasteiger partial charge in [-0.1, -0.05) is 6.92 Å². The molecule has 1 N–H and O–H groups in total. The van der Waals surface area contributed by atoms with Gasteiger partial charge in [-0.05, 0) is 20.0 Å². The Morgan fingerprint density at radius 3 is 2.74 bits per heavy atom. The monoisotopic (exact) mass is 266 g/mol. The van der Waals surface area contributed by atoms with Gasteiger partial charge >= 0.3 is 5.97 Å². The minimum atomic E-state index is -0.903. The fourth-order valence-electron chi connectivity index (χ4n) is 2.89. The Morgan fingerprint density at radius 1 is 1.53 bits per heavy atom. The van der Waals surface area contributed by atoms with Gasteiger partial charge < -0.3 is 10.0 Å². The number of likely N-dealkylation sites (N-methyl/N-ethyl adjacent to an activating group) is 1. The lowest BCUT2D eigenvalue weighted by Gasteiger charge is -2.22. The Morgan fingerprint density at radius 2 is 2.21 bits per heavy atom. The summed E-state index contributed by atoms with van der Waals surface area (Å²) in [4.78, 5) is 15.7. The van der Waals surface area contributed by atoms with E-state index in [4.69, 9.17) is 5.11 Å². The Hall–Kier alpha value is -1.40. The van der Waals surface area contributed by atoms with E-state index in [2.05, 4.69) is 35.9 Å². The van der Waals surface area contributed by atoms with Crippen LogP contribution in [0, 0.1) is 5.92 Å². The van der Waals surface area contributed by atoms with Crippen LogP contribution >= 0.6 is 0 Å². The van der Waals surface area contributed by atoms with Crippen LogP contribution in [0.4, 0.5) is 0 Å². The molecule has 106 valence electrons. The van der Waals surface area contributed by atoms with Crippen LogP contribution in [-0.4, -0.2) is 63.9 Å². The van der Waals surface area contributed by atoms with E-state index in [-0.39, 0.29) is 0 Å². The molecule has 0 spiro atoms. The van der Waals surface area contributed by atoms with Gasteiger partial charge in [-0.15, -0.1) is 0 Å². The van der Waals surface area contributed by atoms with Crippen molar-refractivity contribution in [3.05, 3.63) is 17.5 Å². The predicted octanol–water partition coefficient (Wildman–Crippen LogP) is 0.500. The molecule has 0 radical (unpaired) electrons. The van der Waals surface area contributed by atoms with Gasteiger partial charge in [0.2, 0.25) is 0 Å². The van der Waals surface area contributed by atoms with Gasteiger partial charge in [-0.25, -0.2) is 4.79 Å². The highest BCUT2D eigenvalue weighted by atomic mass is 16.4. The van der Waals surface area contributed by atoms with E-state index in [0.29, 0.717) is 24.1 Å². The lowest BCUT2D eigenvalue weighted by atomic mass is 10.1. The summed E-state index contributed by atoms with van der Waals surface area (Å²) in [6.45, 7) is 4.85. The van der Waals surface area contributed by atoms with Gasteiger partial charge in [0.1, 0.15) is 5.56 Å². The molecule has 0 bridgehead atoms. The minimum Gasteiger partial charge on any atom is -0.478 e. The van der Waals surface area contributed by atoms with Crippen molar-refractivity contribution in [1.82, 2.24) is 19.6 Å². The van der Waals surface area contributed by atoms with E-state index < -0.39 is 5.97 Å². The van der Waals surface area contributed by atoms with Crippen LogP contribution in [-0.2, 0) is 13.6 Å². The van der Waals surface area contributed by atoms with Crippen molar-refractivity contribution in [3.63, 3.8) is 0 Å². The predicted molar refractivity (Wildman–Crippen MR) is 72.1 cm³/mol. The van der Waals surface area contributed by atoms with Crippen LogP contribution in [0.1, 0.15) is 23.0 Å². The first kappa shape index (κ1) is 14.0. The third-order valence-electron chi connectivity index (χ3n) is 3.98. The summed E-state index contributed by atoms with van der Waals surface area (Å²) in [6, 6.07) is 0.529. The number of aromatic nitrogens is 2. The zero-order valence-electron chi connectivity index (χ0n) is 12.0. The van der Waals surface area contributed by atoms with Crippen LogP contribution in [0.25, 0.3) is 0 Å². The summed E-state index contributed by atoms with van der Waals surface area (Å²) in [7, 11) is 5.99. The van der Waals surface area contributed by atoms with Crippen molar-refractivity contribution >= 4 is 5.97 Å². The molecule has 1 aliphatic rings. The van der Waals surface area contributed by atoms with Crippen molar-refractivity contribution in [3.8, 4) is 0 Å². The number of hydrogen-bond donors (Lipinski definition) is 1. The molecule has 1 aliphatic heterocycles. The van der Waals surface area contributed by atoms with Crippen molar-refractivity contribution in [2.45, 2.75) is 19.5 Å². The number of carbonyl (C=O) groups is 1. The average Bonchev–Trinajstić information content (AvgIpc) is 2.84. The van der Waals surface area contributed by atoms with E-state index in [1.807, 2.05) is 0 Å². The highest BCUT2D eigenvalue weighted by Gasteiger charge is 2.32. The van der Waals surface area contributed by atoms with Crippen LogP contribution in [0.5, 0.6) is 0 Å². The number of rotatable bonds is 4. The second-order valence-corrected chi connectivity index (χ2v) is 5.64. The smallest absolute Gasteiger partial charge is 0.339 e. The molecule has 2 atom stereocenters. The number of carboxylic acids is 1. The molecule has 19 heavy (non-hydrogen) atoms. The third kappa shape index (κ3) is 2.79. The average molecular weight is 266 g/mol. The fourth-order valence-corrected chi connectivity index (χ4v) is 2.89. The number of likely N-dealkylation sites (tertiary alicyclic amines) is 1. The van der Waals surface area contributed by atoms with E-state index in [9.17, 15) is 4.79 Å². The van der Waals surface area contributed by atoms with Crippen molar-refractivity contribution in [2.75, 3.05) is 27.2 Å². The second kappa shape index (κ2) is 5.30. The van der Waals surface area contributed by atoms with Crippen molar-refractivity contribution in [1.29, 1.82) is 0 Å². The van der Waals surface area contributed by atoms with Gasteiger partial charge in [0.15, 0.2) is 0 Å². The van der Waals surface area contributed by atoms with Crippen molar-refractivity contribution in [2.24, 2.45) is 13.0 Å². The molecule has 2 rings (SSSR count). The SMILES string of the molecule is CC1CN(Cc2c(C(=O)O)cnn2C)CC1N(C)C. The Balaban J connectivity index is 2.11. The lowest BCUT2D eigenvalue weighted by molar-refractivity contribution is 0.0694. The van der Waals surface area contributed by atoms with Gasteiger partial charge in [0.25, 0.3) is 0 Å². The molecule has 1 saturated heterocycles. The molecule has 0 aromatic carbocycles. The molecule has 6 nitrogen and oxygen atoms in total. The summed E-state index contributed by atoms with van der Waals surface area (Å²) in [5.41, 5.74) is 1.09. The summed E-state index contributed by atoms with van der Waals surface area (Å²) in [6.07, 6.45) is 1.43. The highest BCUT2D eigenvalue weighted by Crippen LogP contribution is 2.22. The summed E-state index contributed by atoms with van der Waals surface area (Å²) < 4.78 is 1.66. The van der Waals surface area contributed by atoms with Gasteiger partial charge in [-0.2, -0.15) is 5.10 Å². The molecular formula is C13H22N4O2. The molecule has 0 aliphatic carbocycles. The number of hydrogen-bond acceptors (Lipinski definition) is 4. The first-order chi connectivity index (χ1) is 8.90. The number of carboxylic acid groups (broad SMARTS) is 1. The molecule has 1 fully saturated rings. The summed E-state index contributed by atoms with van der Waals surface area (Å²) in [5, 5.41) is 13.2. The quantitative estimate of drug-likeness (QED) is 0.860. The second-order valence-electron chi connectivity index (χ2n) is 5.64. The topological polar surface area (TPSA) is 61.6 Å². The lowest BCUT2D eigenvalue weighted by Crippen LogP contribution is -2.34. The molecular weight excluding hydrogens is 244 g/mol. The van der Waals surface area contributed by atoms with E-state index in [1.165, 1.54) is 6.20 Å². The number of nitrogens with zero attached hydrogens (tertiary/aromatic N) is 4. The third-order valence-corrected chi connectivity index (χ3v) is 3.98. The van der Waals surface area contributed by atoms with Crippen LogP contribution in [0.2, 0.25) is 0 Å². The van der Waals surface area contributed by atoms with E-state index in [1.54, 1.807) is 11.7 Å². The largest absolute Gasteiger partial charge is 0.478 e. The number of aromatic carboxylic acids is 1. The minimum absolute atomic E-state index is 0.309. The summed E-state index contributed by atoms with van der Waals surface area (Å²) in [5.74, 6) is -0.309. The molecule has 1 aromatic heterocycles. The normalized spacial score (nSPS) is 24.3. The first-order valence-corrected chi connectivity index (χ1v) is 6.53. The first-order valence-electron chi connectivity index (χ1n) is 6.53. The zero-order valence-corrected chi connectivity index (χ0v) is 12.0. The molecule has 2 heterocycles. The Labute approximate surface area is 113 Å². The maximum Gasteiger partial charge on any atom is 0.339 e. The zero-order chi connectivity index (χ0) is 14.2. The standard InChI is InChI=1S/C13H22N4O2/c1-9-6-17(7-11(9)15(2)3)8-12-10(13(18)19)5-14-16(12)4/h5,9,11H,6-8H2,1-4H3,(H,18,19). The van der Waals surface area contributed by atoms with E-state index in [0.717, 1.165) is 18.8 Å². The Kier molecular flexibility index (Phi) is 3.91. The molecule has 1 aromatic rings. The molecule has 2 unspecified atom stereocenters. The Bertz CT molecular complexity index is 469. The van der Waals surface area contributed by atoms with Gasteiger partial charge in [0.05, 0.1) is 11.9 Å². The van der Waals surface area contributed by atoms with E-state index >= 15 is 0 Å². The van der Waals surface area contributed by atoms with Gasteiger partial charge in [-0.3, -0.25) is 9.58 Å². The van der Waals surface area contributed by atoms with Crippen LogP contribution in [0.3, 0.4) is 0 Å². The van der Waals surface area contributed by atoms with Crippen molar-refractivity contribution < 1.29 is 9.90 Å². The highest BCUT2D eigenvalue weighted by molar-refractivity contribution is 5.88. The molecule has 0 amide bonds. The fraction of sp³-hybridized carbons (Fsp3) is 0.692. The van der Waals surface area contributed by atoms with Crippen LogP contribution < -0.4 is 0 Å².